The zero-order valence-electron chi connectivity index (χ0n) is 16.3. The molecule has 1 aromatic heterocycles. The largest absolute Gasteiger partial charge is 0.489 e. The molecule has 1 aliphatic heterocycles. The highest BCUT2D eigenvalue weighted by atomic mass is 16.5. The first-order valence-corrected chi connectivity index (χ1v) is 10.4. The minimum atomic E-state index is 0.568. The molecular weight excluding hydrogens is 348 g/mol. The topological polar surface area (TPSA) is 43.3 Å². The Labute approximate surface area is 165 Å². The molecule has 4 heteroatoms. The van der Waals surface area contributed by atoms with Crippen molar-refractivity contribution >= 4 is 22.9 Å². The highest BCUT2D eigenvalue weighted by molar-refractivity contribution is 5.97. The number of aromatic nitrogens is 1. The summed E-state index contributed by atoms with van der Waals surface area (Å²) in [6, 6.07) is 12.5. The van der Waals surface area contributed by atoms with Gasteiger partial charge in [-0.15, -0.1) is 0 Å². The predicted octanol–water partition coefficient (Wildman–Crippen LogP) is 5.60. The first kappa shape index (κ1) is 17.4. The SMILES string of the molecule is CNc1cccc2c1OCCn1c-2c(C2CCCCC2)c2ccc(C=O)cc21. The predicted molar refractivity (Wildman–Crippen MR) is 114 cm³/mol. The smallest absolute Gasteiger partial charge is 0.151 e. The van der Waals surface area contributed by atoms with Gasteiger partial charge >= 0.3 is 0 Å². The summed E-state index contributed by atoms with van der Waals surface area (Å²) >= 11 is 0. The van der Waals surface area contributed by atoms with E-state index in [2.05, 4.69) is 34.1 Å². The molecule has 2 heterocycles. The van der Waals surface area contributed by atoms with Crippen LogP contribution in [-0.4, -0.2) is 24.5 Å². The van der Waals surface area contributed by atoms with E-state index >= 15 is 0 Å². The van der Waals surface area contributed by atoms with Gasteiger partial charge in [0.1, 0.15) is 12.9 Å². The Morgan fingerprint density at radius 1 is 1.14 bits per heavy atom. The van der Waals surface area contributed by atoms with Crippen molar-refractivity contribution in [3.05, 3.63) is 47.5 Å². The van der Waals surface area contributed by atoms with Crippen LogP contribution in [0.2, 0.25) is 0 Å². The van der Waals surface area contributed by atoms with Crippen molar-refractivity contribution in [1.29, 1.82) is 0 Å². The van der Waals surface area contributed by atoms with Gasteiger partial charge in [0.15, 0.2) is 5.75 Å². The third kappa shape index (κ3) is 2.62. The Kier molecular flexibility index (Phi) is 4.34. The van der Waals surface area contributed by atoms with Crippen molar-refractivity contribution in [1.82, 2.24) is 4.57 Å². The van der Waals surface area contributed by atoms with Crippen molar-refractivity contribution in [3.63, 3.8) is 0 Å². The molecule has 0 atom stereocenters. The lowest BCUT2D eigenvalue weighted by atomic mass is 9.81. The zero-order chi connectivity index (χ0) is 19.1. The number of aldehydes is 1. The van der Waals surface area contributed by atoms with Crippen LogP contribution < -0.4 is 10.1 Å². The summed E-state index contributed by atoms with van der Waals surface area (Å²) in [6.07, 6.45) is 7.35. The Morgan fingerprint density at radius 3 is 2.79 bits per heavy atom. The number of nitrogens with zero attached hydrogens (tertiary/aromatic N) is 1. The monoisotopic (exact) mass is 374 g/mol. The highest BCUT2D eigenvalue weighted by Gasteiger charge is 2.29. The third-order valence-corrected chi connectivity index (χ3v) is 6.38. The number of benzene rings is 2. The minimum absolute atomic E-state index is 0.568. The van der Waals surface area contributed by atoms with Crippen LogP contribution in [0.15, 0.2) is 36.4 Å². The minimum Gasteiger partial charge on any atom is -0.489 e. The van der Waals surface area contributed by atoms with Gasteiger partial charge in [-0.25, -0.2) is 0 Å². The fraction of sp³-hybridized carbons (Fsp3) is 0.375. The van der Waals surface area contributed by atoms with Crippen LogP contribution in [0.3, 0.4) is 0 Å². The van der Waals surface area contributed by atoms with Crippen LogP contribution in [0.1, 0.15) is 53.9 Å². The molecule has 0 spiro atoms. The molecule has 5 rings (SSSR count). The van der Waals surface area contributed by atoms with E-state index in [0.29, 0.717) is 12.5 Å². The maximum absolute atomic E-state index is 11.4. The molecule has 4 nitrogen and oxygen atoms in total. The second kappa shape index (κ2) is 7.01. The second-order valence-electron chi connectivity index (χ2n) is 7.92. The summed E-state index contributed by atoms with van der Waals surface area (Å²) < 4.78 is 8.59. The van der Waals surface area contributed by atoms with Gasteiger partial charge in [0, 0.05) is 29.1 Å². The number of carbonyl (C=O) groups is 1. The van der Waals surface area contributed by atoms with Gasteiger partial charge in [0.05, 0.1) is 17.9 Å². The summed E-state index contributed by atoms with van der Waals surface area (Å²) in [4.78, 5) is 11.4. The molecule has 144 valence electrons. The van der Waals surface area contributed by atoms with Crippen LogP contribution in [0.25, 0.3) is 22.2 Å². The molecular formula is C24H26N2O2. The maximum Gasteiger partial charge on any atom is 0.151 e. The Balaban J connectivity index is 1.85. The van der Waals surface area contributed by atoms with Gasteiger partial charge < -0.3 is 14.6 Å². The van der Waals surface area contributed by atoms with E-state index in [1.54, 1.807) is 0 Å². The van der Waals surface area contributed by atoms with Gasteiger partial charge in [-0.05, 0) is 42.5 Å². The van der Waals surface area contributed by atoms with E-state index in [1.807, 2.05) is 19.2 Å². The van der Waals surface area contributed by atoms with Crippen LogP contribution in [-0.2, 0) is 6.54 Å². The molecule has 1 aliphatic carbocycles. The number of carbonyl (C=O) groups excluding carboxylic acids is 1. The molecule has 1 N–H and O–H groups in total. The van der Waals surface area contributed by atoms with Crippen LogP contribution in [0.4, 0.5) is 5.69 Å². The number of nitrogens with one attached hydrogen (secondary N) is 1. The molecule has 2 aliphatic rings. The van der Waals surface area contributed by atoms with E-state index in [4.69, 9.17) is 4.74 Å². The van der Waals surface area contributed by atoms with Crippen LogP contribution in [0, 0.1) is 0 Å². The summed E-state index contributed by atoms with van der Waals surface area (Å²) in [7, 11) is 1.94. The molecule has 0 radical (unpaired) electrons. The van der Waals surface area contributed by atoms with Crippen molar-refractivity contribution in [2.75, 3.05) is 19.0 Å². The van der Waals surface area contributed by atoms with E-state index in [-0.39, 0.29) is 0 Å². The third-order valence-electron chi connectivity index (χ3n) is 6.38. The van der Waals surface area contributed by atoms with Crippen molar-refractivity contribution < 1.29 is 9.53 Å². The summed E-state index contributed by atoms with van der Waals surface area (Å²) in [5.41, 5.74) is 6.82. The first-order valence-electron chi connectivity index (χ1n) is 10.4. The number of hydrogen-bond donors (Lipinski definition) is 1. The summed E-state index contributed by atoms with van der Waals surface area (Å²) in [5, 5.41) is 4.59. The quantitative estimate of drug-likeness (QED) is 0.607. The number of fused-ring (bicyclic) bond motifs is 5. The van der Waals surface area contributed by atoms with Crippen molar-refractivity contribution in [3.8, 4) is 17.0 Å². The number of para-hydroxylation sites is 1. The molecule has 28 heavy (non-hydrogen) atoms. The van der Waals surface area contributed by atoms with Gasteiger partial charge in [-0.1, -0.05) is 37.5 Å². The number of anilines is 1. The van der Waals surface area contributed by atoms with E-state index in [9.17, 15) is 4.79 Å². The zero-order valence-corrected chi connectivity index (χ0v) is 16.3. The fourth-order valence-corrected chi connectivity index (χ4v) is 5.11. The van der Waals surface area contributed by atoms with Gasteiger partial charge in [-0.2, -0.15) is 0 Å². The fourth-order valence-electron chi connectivity index (χ4n) is 5.11. The molecule has 0 bridgehead atoms. The van der Waals surface area contributed by atoms with E-state index in [1.165, 1.54) is 48.7 Å². The average Bonchev–Trinajstić information content (AvgIpc) is 2.94. The normalized spacial score (nSPS) is 16.8. The molecule has 0 amide bonds. The molecule has 1 saturated carbocycles. The van der Waals surface area contributed by atoms with Crippen LogP contribution >= 0.6 is 0 Å². The Bertz CT molecular complexity index is 1040. The van der Waals surface area contributed by atoms with Gasteiger partial charge in [0.25, 0.3) is 0 Å². The van der Waals surface area contributed by atoms with E-state index < -0.39 is 0 Å². The Morgan fingerprint density at radius 2 is 2.00 bits per heavy atom. The molecule has 2 aromatic carbocycles. The number of ether oxygens (including phenoxy) is 1. The second-order valence-corrected chi connectivity index (χ2v) is 7.92. The summed E-state index contributed by atoms with van der Waals surface area (Å²) in [6.45, 7) is 1.41. The standard InChI is InChI=1S/C24H26N2O2/c1-25-20-9-5-8-19-23-22(17-6-3-2-4-7-17)18-11-10-16(15-27)14-21(18)26(23)12-13-28-24(19)20/h5,8-11,14-15,17,25H,2-4,6-7,12-13H2,1H3. The maximum atomic E-state index is 11.4. The van der Waals surface area contributed by atoms with Gasteiger partial charge in [0.2, 0.25) is 0 Å². The summed E-state index contributed by atoms with van der Waals surface area (Å²) in [5.74, 6) is 1.51. The van der Waals surface area contributed by atoms with Crippen molar-refractivity contribution in [2.24, 2.45) is 0 Å². The van der Waals surface area contributed by atoms with Crippen molar-refractivity contribution in [2.45, 2.75) is 44.6 Å². The molecule has 0 unspecified atom stereocenters. The van der Waals surface area contributed by atoms with Crippen LogP contribution in [0.5, 0.6) is 5.75 Å². The first-order chi connectivity index (χ1) is 13.8. The lowest BCUT2D eigenvalue weighted by Gasteiger charge is -2.24. The Hall–Kier alpha value is -2.75. The highest BCUT2D eigenvalue weighted by Crippen LogP contribution is 2.48. The lowest BCUT2D eigenvalue weighted by molar-refractivity contribution is 0.112. The lowest BCUT2D eigenvalue weighted by Crippen LogP contribution is -2.07. The average molecular weight is 374 g/mol. The molecule has 3 aromatic rings. The number of rotatable bonds is 3. The van der Waals surface area contributed by atoms with Gasteiger partial charge in [-0.3, -0.25) is 4.79 Å². The molecule has 1 fully saturated rings. The number of hydrogen-bond acceptors (Lipinski definition) is 3. The molecule has 0 saturated heterocycles. The van der Waals surface area contributed by atoms with E-state index in [0.717, 1.165) is 40.9 Å².